The lowest BCUT2D eigenvalue weighted by atomic mass is 10.0. The van der Waals surface area contributed by atoms with Gasteiger partial charge in [0.15, 0.2) is 5.78 Å². The van der Waals surface area contributed by atoms with Crippen molar-refractivity contribution in [3.8, 4) is 5.75 Å². The maximum absolute atomic E-state index is 12.4. The molecule has 0 N–H and O–H groups in total. The fourth-order valence-electron chi connectivity index (χ4n) is 1.67. The Morgan fingerprint density at radius 2 is 2.11 bits per heavy atom. The Hall–Kier alpha value is -1.13. The molecule has 2 nitrogen and oxygen atoms in total. The molecular weight excluding hydrogens is 312 g/mol. The van der Waals surface area contributed by atoms with Gasteiger partial charge in [-0.1, -0.05) is 0 Å². The maximum Gasteiger partial charge on any atom is 0.195 e. The van der Waals surface area contributed by atoms with Gasteiger partial charge in [0, 0.05) is 21.0 Å². The van der Waals surface area contributed by atoms with Crippen LogP contribution in [0.3, 0.4) is 0 Å². The molecule has 0 aliphatic carbocycles. The molecule has 0 amide bonds. The smallest absolute Gasteiger partial charge is 0.195 e. The van der Waals surface area contributed by atoms with Gasteiger partial charge in [0.25, 0.3) is 0 Å². The first kappa shape index (κ1) is 13.3. The molecule has 0 unspecified atom stereocenters. The van der Waals surface area contributed by atoms with Gasteiger partial charge in [-0.2, -0.15) is 11.3 Å². The highest BCUT2D eigenvalue weighted by atomic mass is 79.9. The van der Waals surface area contributed by atoms with E-state index in [1.165, 1.54) is 0 Å². The topological polar surface area (TPSA) is 26.3 Å². The first-order chi connectivity index (χ1) is 8.63. The highest BCUT2D eigenvalue weighted by Crippen LogP contribution is 2.27. The van der Waals surface area contributed by atoms with E-state index < -0.39 is 0 Å². The van der Waals surface area contributed by atoms with Crippen LogP contribution >= 0.6 is 27.3 Å². The summed E-state index contributed by atoms with van der Waals surface area (Å²) in [6, 6.07) is 5.45. The van der Waals surface area contributed by atoms with Crippen LogP contribution in [0, 0.1) is 6.92 Å². The van der Waals surface area contributed by atoms with Crippen LogP contribution < -0.4 is 4.74 Å². The number of rotatable bonds is 4. The summed E-state index contributed by atoms with van der Waals surface area (Å²) in [6.07, 6.45) is 0. The van der Waals surface area contributed by atoms with E-state index in [1.807, 2.05) is 36.7 Å². The monoisotopic (exact) mass is 324 g/mol. The van der Waals surface area contributed by atoms with Gasteiger partial charge in [0.1, 0.15) is 5.75 Å². The highest BCUT2D eigenvalue weighted by Gasteiger charge is 2.15. The molecule has 4 heteroatoms. The number of hydrogen-bond acceptors (Lipinski definition) is 3. The number of ether oxygens (including phenoxy) is 1. The average molecular weight is 325 g/mol. The molecule has 1 aromatic heterocycles. The quantitative estimate of drug-likeness (QED) is 0.777. The number of carbonyl (C=O) groups excluding carboxylic acids is 1. The summed E-state index contributed by atoms with van der Waals surface area (Å²) in [5, 5.41) is 3.87. The lowest BCUT2D eigenvalue weighted by molar-refractivity contribution is 0.103. The second-order valence-corrected chi connectivity index (χ2v) is 5.47. The fraction of sp³-hybridized carbons (Fsp3) is 0.214. The van der Waals surface area contributed by atoms with Gasteiger partial charge in [-0.25, -0.2) is 0 Å². The lowest BCUT2D eigenvalue weighted by Gasteiger charge is -2.07. The van der Waals surface area contributed by atoms with Gasteiger partial charge in [-0.3, -0.25) is 4.79 Å². The molecule has 0 aliphatic heterocycles. The summed E-state index contributed by atoms with van der Waals surface area (Å²) < 4.78 is 6.16. The third-order valence-corrected chi connectivity index (χ3v) is 4.11. The first-order valence-electron chi connectivity index (χ1n) is 5.63. The van der Waals surface area contributed by atoms with Crippen molar-refractivity contribution >= 4 is 33.0 Å². The van der Waals surface area contributed by atoms with Gasteiger partial charge >= 0.3 is 0 Å². The van der Waals surface area contributed by atoms with Crippen LogP contribution in [0.15, 0.2) is 33.4 Å². The van der Waals surface area contributed by atoms with Crippen molar-refractivity contribution in [3.05, 3.63) is 50.1 Å². The van der Waals surface area contributed by atoms with Crippen molar-refractivity contribution in [2.75, 3.05) is 6.61 Å². The number of carbonyl (C=O) groups is 1. The molecule has 2 aromatic rings. The predicted molar refractivity (Wildman–Crippen MR) is 77.8 cm³/mol. The minimum atomic E-state index is 0.0451. The normalized spacial score (nSPS) is 10.4. The van der Waals surface area contributed by atoms with E-state index in [4.69, 9.17) is 4.74 Å². The maximum atomic E-state index is 12.4. The molecule has 0 spiro atoms. The molecule has 2 rings (SSSR count). The Bertz CT molecular complexity index is 575. The van der Waals surface area contributed by atoms with Crippen molar-refractivity contribution in [1.82, 2.24) is 0 Å². The molecule has 1 aromatic carbocycles. The van der Waals surface area contributed by atoms with Crippen LogP contribution in [-0.4, -0.2) is 12.4 Å². The summed E-state index contributed by atoms with van der Waals surface area (Å²) in [4.78, 5) is 12.4. The van der Waals surface area contributed by atoms with E-state index in [0.717, 1.165) is 21.3 Å². The van der Waals surface area contributed by atoms with Gasteiger partial charge in [-0.05, 0) is 58.9 Å². The van der Waals surface area contributed by atoms with E-state index in [1.54, 1.807) is 17.4 Å². The molecule has 0 bridgehead atoms. The van der Waals surface area contributed by atoms with Gasteiger partial charge in [0.05, 0.1) is 6.61 Å². The Morgan fingerprint density at radius 3 is 2.67 bits per heavy atom. The van der Waals surface area contributed by atoms with Crippen molar-refractivity contribution in [2.24, 2.45) is 0 Å². The third-order valence-electron chi connectivity index (χ3n) is 2.60. The highest BCUT2D eigenvalue weighted by molar-refractivity contribution is 9.10. The Morgan fingerprint density at radius 1 is 1.33 bits per heavy atom. The number of aryl methyl sites for hydroxylation is 1. The van der Waals surface area contributed by atoms with Gasteiger partial charge in [0.2, 0.25) is 0 Å². The van der Waals surface area contributed by atoms with Crippen molar-refractivity contribution in [3.63, 3.8) is 0 Å². The molecule has 94 valence electrons. The molecule has 0 radical (unpaired) electrons. The predicted octanol–water partition coefficient (Wildman–Crippen LogP) is 4.45. The van der Waals surface area contributed by atoms with E-state index in [-0.39, 0.29) is 5.78 Å². The second kappa shape index (κ2) is 5.67. The summed E-state index contributed by atoms with van der Waals surface area (Å²) in [5.74, 6) is 0.812. The zero-order valence-electron chi connectivity index (χ0n) is 10.2. The third kappa shape index (κ3) is 2.65. The van der Waals surface area contributed by atoms with Crippen LogP contribution in [0.2, 0.25) is 0 Å². The number of benzene rings is 1. The molecule has 0 saturated carbocycles. The van der Waals surface area contributed by atoms with Gasteiger partial charge < -0.3 is 4.74 Å². The van der Waals surface area contributed by atoms with Crippen LogP contribution in [0.4, 0.5) is 0 Å². The molecule has 0 fully saturated rings. The molecular formula is C14H13BrO2S. The zero-order chi connectivity index (χ0) is 13.1. The van der Waals surface area contributed by atoms with Crippen LogP contribution in [-0.2, 0) is 0 Å². The van der Waals surface area contributed by atoms with Gasteiger partial charge in [-0.15, -0.1) is 0 Å². The molecule has 1 heterocycles. The number of thiophene rings is 1. The number of hydrogen-bond donors (Lipinski definition) is 0. The average Bonchev–Trinajstić information content (AvgIpc) is 2.75. The van der Waals surface area contributed by atoms with E-state index in [0.29, 0.717) is 12.2 Å². The summed E-state index contributed by atoms with van der Waals surface area (Å²) in [5.41, 5.74) is 2.45. The standard InChI is InChI=1S/C14H13BrO2S/c1-3-17-10-4-5-11(13(15)6-10)14(16)12-8-18-7-9(12)2/h4-8H,3H2,1-2H3. The van der Waals surface area contributed by atoms with E-state index in [9.17, 15) is 4.79 Å². The summed E-state index contributed by atoms with van der Waals surface area (Å²) in [7, 11) is 0. The molecule has 0 atom stereocenters. The van der Waals surface area contributed by atoms with Crippen LogP contribution in [0.1, 0.15) is 28.4 Å². The Kier molecular flexibility index (Phi) is 4.19. The Labute approximate surface area is 119 Å². The SMILES string of the molecule is CCOc1ccc(C(=O)c2cscc2C)c(Br)c1. The summed E-state index contributed by atoms with van der Waals surface area (Å²) in [6.45, 7) is 4.50. The van der Waals surface area contributed by atoms with Crippen molar-refractivity contribution in [2.45, 2.75) is 13.8 Å². The van der Waals surface area contributed by atoms with E-state index in [2.05, 4.69) is 15.9 Å². The van der Waals surface area contributed by atoms with Crippen molar-refractivity contribution in [1.29, 1.82) is 0 Å². The second-order valence-electron chi connectivity index (χ2n) is 3.87. The Balaban J connectivity index is 2.34. The largest absolute Gasteiger partial charge is 0.494 e. The minimum absolute atomic E-state index is 0.0451. The molecule has 18 heavy (non-hydrogen) atoms. The minimum Gasteiger partial charge on any atom is -0.494 e. The molecule has 0 saturated heterocycles. The van der Waals surface area contributed by atoms with Crippen LogP contribution in [0.25, 0.3) is 0 Å². The van der Waals surface area contributed by atoms with Crippen LogP contribution in [0.5, 0.6) is 5.75 Å². The van der Waals surface area contributed by atoms with E-state index >= 15 is 0 Å². The zero-order valence-corrected chi connectivity index (χ0v) is 12.6. The lowest BCUT2D eigenvalue weighted by Crippen LogP contribution is -2.03. The molecule has 0 aliphatic rings. The number of halogens is 1. The van der Waals surface area contributed by atoms with Crippen molar-refractivity contribution < 1.29 is 9.53 Å². The summed E-state index contributed by atoms with van der Waals surface area (Å²) >= 11 is 4.98. The fourth-order valence-corrected chi connectivity index (χ4v) is 3.04. The first-order valence-corrected chi connectivity index (χ1v) is 7.37. The number of ketones is 1.